The Bertz CT molecular complexity index is 373. The van der Waals surface area contributed by atoms with Crippen LogP contribution in [0.2, 0.25) is 0 Å². The standard InChI is InChI=1S/C10H20N6O/c1-4-8-9(7-16(2)15-8)13-10(14-11)12-5-6-17-3/h7H,4-6,11H2,1-3H3,(H2,12,13,14). The second kappa shape index (κ2) is 6.87. The summed E-state index contributed by atoms with van der Waals surface area (Å²) in [5, 5.41) is 7.42. The lowest BCUT2D eigenvalue weighted by molar-refractivity contribution is 0.208. The fourth-order valence-electron chi connectivity index (χ4n) is 1.40. The van der Waals surface area contributed by atoms with Crippen molar-refractivity contribution in [3.05, 3.63) is 11.9 Å². The number of methoxy groups -OCH3 is 1. The van der Waals surface area contributed by atoms with Crippen molar-refractivity contribution in [2.45, 2.75) is 13.3 Å². The van der Waals surface area contributed by atoms with E-state index in [1.165, 1.54) is 0 Å². The second-order valence-corrected chi connectivity index (χ2v) is 3.51. The van der Waals surface area contributed by atoms with Crippen LogP contribution in [-0.4, -0.2) is 36.0 Å². The van der Waals surface area contributed by atoms with Crippen molar-refractivity contribution in [1.29, 1.82) is 0 Å². The molecule has 0 fully saturated rings. The first-order valence-electron chi connectivity index (χ1n) is 5.50. The first-order valence-corrected chi connectivity index (χ1v) is 5.50. The van der Waals surface area contributed by atoms with Crippen molar-refractivity contribution < 1.29 is 4.74 Å². The zero-order chi connectivity index (χ0) is 12.7. The Balaban J connectivity index is 2.69. The van der Waals surface area contributed by atoms with Gasteiger partial charge >= 0.3 is 0 Å². The molecule has 0 saturated carbocycles. The summed E-state index contributed by atoms with van der Waals surface area (Å²) >= 11 is 0. The Morgan fingerprint density at radius 2 is 2.41 bits per heavy atom. The predicted molar refractivity (Wildman–Crippen MR) is 67.7 cm³/mol. The number of rotatable bonds is 5. The van der Waals surface area contributed by atoms with Crippen molar-refractivity contribution in [2.75, 3.05) is 25.6 Å². The van der Waals surface area contributed by atoms with Crippen molar-refractivity contribution >= 4 is 11.6 Å². The molecule has 0 aromatic carbocycles. The molecule has 4 N–H and O–H groups in total. The Morgan fingerprint density at radius 3 is 3.00 bits per heavy atom. The topological polar surface area (TPSA) is 89.5 Å². The average Bonchev–Trinajstić information content (AvgIpc) is 2.68. The molecule has 7 heteroatoms. The third-order valence-corrected chi connectivity index (χ3v) is 2.20. The second-order valence-electron chi connectivity index (χ2n) is 3.51. The summed E-state index contributed by atoms with van der Waals surface area (Å²) in [4.78, 5) is 4.22. The van der Waals surface area contributed by atoms with Gasteiger partial charge in [0.05, 0.1) is 24.5 Å². The molecule has 17 heavy (non-hydrogen) atoms. The number of nitrogens with two attached hydrogens (primary N) is 1. The Labute approximate surface area is 101 Å². The van der Waals surface area contributed by atoms with Crippen LogP contribution in [0.1, 0.15) is 12.6 Å². The van der Waals surface area contributed by atoms with Crippen LogP contribution in [0, 0.1) is 0 Å². The molecule has 7 nitrogen and oxygen atoms in total. The van der Waals surface area contributed by atoms with Crippen molar-refractivity contribution in [3.63, 3.8) is 0 Å². The summed E-state index contributed by atoms with van der Waals surface area (Å²) < 4.78 is 6.67. The summed E-state index contributed by atoms with van der Waals surface area (Å²) in [5.74, 6) is 5.89. The van der Waals surface area contributed by atoms with E-state index >= 15 is 0 Å². The number of nitrogens with zero attached hydrogens (tertiary/aromatic N) is 3. The smallest absolute Gasteiger partial charge is 0.210 e. The SMILES string of the molecule is CCc1nn(C)cc1NC(=NCCOC)NN. The third-order valence-electron chi connectivity index (χ3n) is 2.20. The van der Waals surface area contributed by atoms with E-state index in [0.29, 0.717) is 19.1 Å². The van der Waals surface area contributed by atoms with Gasteiger partial charge in [-0.25, -0.2) is 10.8 Å². The molecule has 0 aliphatic heterocycles. The van der Waals surface area contributed by atoms with Crippen LogP contribution < -0.4 is 16.6 Å². The number of nitrogens with one attached hydrogen (secondary N) is 2. The minimum atomic E-state index is 0.504. The van der Waals surface area contributed by atoms with Crippen LogP contribution in [0.3, 0.4) is 0 Å². The van der Waals surface area contributed by atoms with E-state index in [1.807, 2.05) is 20.2 Å². The van der Waals surface area contributed by atoms with E-state index in [9.17, 15) is 0 Å². The molecule has 1 rings (SSSR count). The number of aromatic nitrogens is 2. The van der Waals surface area contributed by atoms with Crippen molar-refractivity contribution in [3.8, 4) is 0 Å². The molecule has 1 aromatic heterocycles. The number of hydrogen-bond acceptors (Lipinski definition) is 4. The maximum absolute atomic E-state index is 5.39. The Kier molecular flexibility index (Phi) is 5.44. The molecule has 0 radical (unpaired) electrons. The monoisotopic (exact) mass is 240 g/mol. The number of ether oxygens (including phenoxy) is 1. The summed E-state index contributed by atoms with van der Waals surface area (Å²) in [6.45, 7) is 3.15. The van der Waals surface area contributed by atoms with E-state index < -0.39 is 0 Å². The van der Waals surface area contributed by atoms with Gasteiger partial charge in [-0.3, -0.25) is 10.1 Å². The fourth-order valence-corrected chi connectivity index (χ4v) is 1.40. The largest absolute Gasteiger partial charge is 0.383 e. The lowest BCUT2D eigenvalue weighted by atomic mass is 10.3. The quantitative estimate of drug-likeness (QED) is 0.219. The normalized spacial score (nSPS) is 11.6. The Morgan fingerprint density at radius 1 is 1.65 bits per heavy atom. The van der Waals surface area contributed by atoms with Gasteiger partial charge in [-0.05, 0) is 6.42 Å². The number of hydrogen-bond donors (Lipinski definition) is 3. The molecule has 1 aromatic rings. The van der Waals surface area contributed by atoms with Gasteiger partial charge in [-0.2, -0.15) is 5.10 Å². The number of aliphatic imine (C=N–C) groups is 1. The first kappa shape index (κ1) is 13.5. The first-order chi connectivity index (χ1) is 8.21. The van der Waals surface area contributed by atoms with Crippen LogP contribution in [0.5, 0.6) is 0 Å². The van der Waals surface area contributed by atoms with Gasteiger partial charge in [-0.1, -0.05) is 6.92 Å². The van der Waals surface area contributed by atoms with Crippen molar-refractivity contribution in [2.24, 2.45) is 17.9 Å². The van der Waals surface area contributed by atoms with Gasteiger partial charge in [0.15, 0.2) is 0 Å². The maximum Gasteiger partial charge on any atom is 0.210 e. The summed E-state index contributed by atoms with van der Waals surface area (Å²) in [6, 6.07) is 0. The van der Waals surface area contributed by atoms with E-state index in [0.717, 1.165) is 17.8 Å². The van der Waals surface area contributed by atoms with E-state index in [2.05, 4.69) is 20.8 Å². The van der Waals surface area contributed by atoms with Gasteiger partial charge in [-0.15, -0.1) is 0 Å². The van der Waals surface area contributed by atoms with Gasteiger partial charge in [0.2, 0.25) is 5.96 Å². The van der Waals surface area contributed by atoms with Crippen LogP contribution >= 0.6 is 0 Å². The molecule has 0 unspecified atom stereocenters. The summed E-state index contributed by atoms with van der Waals surface area (Å²) in [7, 11) is 3.51. The molecule has 0 saturated heterocycles. The highest BCUT2D eigenvalue weighted by atomic mass is 16.5. The van der Waals surface area contributed by atoms with Crippen LogP contribution in [0.15, 0.2) is 11.2 Å². The van der Waals surface area contributed by atoms with E-state index in [1.54, 1.807) is 11.8 Å². The number of guanidine groups is 1. The van der Waals surface area contributed by atoms with Gasteiger partial charge in [0.1, 0.15) is 0 Å². The number of anilines is 1. The zero-order valence-corrected chi connectivity index (χ0v) is 10.5. The van der Waals surface area contributed by atoms with Gasteiger partial charge in [0.25, 0.3) is 0 Å². The maximum atomic E-state index is 5.39. The Hall–Kier alpha value is -1.60. The minimum absolute atomic E-state index is 0.504. The molecule has 0 spiro atoms. The number of hydrazine groups is 1. The van der Waals surface area contributed by atoms with Crippen LogP contribution in [0.25, 0.3) is 0 Å². The molecule has 0 aliphatic carbocycles. The lowest BCUT2D eigenvalue weighted by Gasteiger charge is -2.08. The van der Waals surface area contributed by atoms with Crippen molar-refractivity contribution in [1.82, 2.24) is 15.2 Å². The van der Waals surface area contributed by atoms with Gasteiger partial charge in [0, 0.05) is 20.4 Å². The van der Waals surface area contributed by atoms with Crippen LogP contribution in [-0.2, 0) is 18.2 Å². The molecule has 1 heterocycles. The molecule has 0 atom stereocenters. The highest BCUT2D eigenvalue weighted by molar-refractivity contribution is 5.93. The fraction of sp³-hybridized carbons (Fsp3) is 0.600. The molecule has 96 valence electrons. The highest BCUT2D eigenvalue weighted by Gasteiger charge is 2.07. The zero-order valence-electron chi connectivity index (χ0n) is 10.5. The summed E-state index contributed by atoms with van der Waals surface area (Å²) in [5.41, 5.74) is 4.40. The van der Waals surface area contributed by atoms with E-state index in [-0.39, 0.29) is 0 Å². The molecule has 0 bridgehead atoms. The number of aryl methyl sites for hydroxylation is 2. The lowest BCUT2D eigenvalue weighted by Crippen LogP contribution is -2.36. The minimum Gasteiger partial charge on any atom is -0.383 e. The predicted octanol–water partition coefficient (Wildman–Crippen LogP) is -0.140. The molecular formula is C10H20N6O. The van der Waals surface area contributed by atoms with E-state index in [4.69, 9.17) is 10.6 Å². The van der Waals surface area contributed by atoms with Gasteiger partial charge < -0.3 is 10.1 Å². The average molecular weight is 240 g/mol. The molecule has 0 aliphatic rings. The third kappa shape index (κ3) is 4.04. The molecule has 0 amide bonds. The van der Waals surface area contributed by atoms with Crippen LogP contribution in [0.4, 0.5) is 5.69 Å². The highest BCUT2D eigenvalue weighted by Crippen LogP contribution is 2.13. The molecular weight excluding hydrogens is 220 g/mol. The summed E-state index contributed by atoms with van der Waals surface area (Å²) in [6.07, 6.45) is 2.74.